The molecule has 0 N–H and O–H groups in total. The summed E-state index contributed by atoms with van der Waals surface area (Å²) in [5.41, 5.74) is 1.35. The summed E-state index contributed by atoms with van der Waals surface area (Å²) >= 11 is 1.99. The van der Waals surface area contributed by atoms with E-state index in [0.29, 0.717) is 11.2 Å². The average Bonchev–Trinajstić information content (AvgIpc) is 2.68. The van der Waals surface area contributed by atoms with E-state index in [9.17, 15) is 0 Å². The van der Waals surface area contributed by atoms with Crippen molar-refractivity contribution in [3.05, 3.63) is 41.1 Å². The fraction of sp³-hybridized carbons (Fsp3) is 0.417. The van der Waals surface area contributed by atoms with Crippen LogP contribution in [0.2, 0.25) is 0 Å². The minimum atomic E-state index is 0.598. The predicted molar refractivity (Wildman–Crippen MR) is 62.1 cm³/mol. The third-order valence-corrected chi connectivity index (χ3v) is 4.10. The van der Waals surface area contributed by atoms with Crippen molar-refractivity contribution in [3.63, 3.8) is 0 Å². The van der Waals surface area contributed by atoms with Crippen LogP contribution in [0.3, 0.4) is 0 Å². The van der Waals surface area contributed by atoms with Crippen LogP contribution in [0, 0.1) is 5.92 Å². The lowest BCUT2D eigenvalue weighted by molar-refractivity contribution is 0.816. The monoisotopic (exact) mass is 205 g/mol. The van der Waals surface area contributed by atoms with Gasteiger partial charge < -0.3 is 0 Å². The Bertz CT molecular complexity index is 329. The van der Waals surface area contributed by atoms with Gasteiger partial charge >= 0.3 is 0 Å². The van der Waals surface area contributed by atoms with Gasteiger partial charge in [-0.05, 0) is 28.9 Å². The first-order valence-electron chi connectivity index (χ1n) is 5.04. The second kappa shape index (κ2) is 4.18. The molecule has 0 amide bonds. The summed E-state index contributed by atoms with van der Waals surface area (Å²) < 4.78 is 0. The van der Waals surface area contributed by atoms with Gasteiger partial charge in [0.1, 0.15) is 0 Å². The number of thioether (sulfide) groups is 1. The molecular weight excluding hydrogens is 190 g/mol. The van der Waals surface area contributed by atoms with Crippen molar-refractivity contribution in [3.8, 4) is 0 Å². The van der Waals surface area contributed by atoms with Crippen molar-refractivity contribution in [1.82, 2.24) is 4.98 Å². The maximum absolute atomic E-state index is 4.16. The Kier molecular flexibility index (Phi) is 2.92. The fourth-order valence-electron chi connectivity index (χ4n) is 1.63. The van der Waals surface area contributed by atoms with E-state index in [-0.39, 0.29) is 0 Å². The van der Waals surface area contributed by atoms with E-state index in [1.54, 1.807) is 0 Å². The minimum Gasteiger partial charge on any atom is -0.264 e. The Morgan fingerprint density at radius 1 is 1.50 bits per heavy atom. The van der Waals surface area contributed by atoms with Crippen LogP contribution in [-0.4, -0.2) is 4.98 Å². The van der Waals surface area contributed by atoms with Crippen molar-refractivity contribution in [2.24, 2.45) is 5.92 Å². The van der Waals surface area contributed by atoms with Crippen LogP contribution in [0.25, 0.3) is 0 Å². The zero-order valence-corrected chi connectivity index (χ0v) is 9.42. The lowest BCUT2D eigenvalue weighted by Crippen LogP contribution is -1.90. The molecule has 1 unspecified atom stereocenters. The van der Waals surface area contributed by atoms with Crippen molar-refractivity contribution >= 4 is 11.8 Å². The molecule has 2 heterocycles. The Morgan fingerprint density at radius 2 is 2.36 bits per heavy atom. The van der Waals surface area contributed by atoms with Gasteiger partial charge in [-0.25, -0.2) is 0 Å². The lowest BCUT2D eigenvalue weighted by atomic mass is 10.1. The van der Waals surface area contributed by atoms with Crippen LogP contribution in [0.4, 0.5) is 0 Å². The van der Waals surface area contributed by atoms with Gasteiger partial charge in [0.25, 0.3) is 0 Å². The molecule has 0 fully saturated rings. The zero-order chi connectivity index (χ0) is 9.97. The highest BCUT2D eigenvalue weighted by Gasteiger charge is 2.20. The van der Waals surface area contributed by atoms with Crippen molar-refractivity contribution in [2.75, 3.05) is 0 Å². The molecule has 14 heavy (non-hydrogen) atoms. The first-order valence-corrected chi connectivity index (χ1v) is 5.92. The van der Waals surface area contributed by atoms with E-state index in [1.807, 2.05) is 30.2 Å². The Hall–Kier alpha value is -0.760. The molecule has 0 aromatic carbocycles. The third-order valence-electron chi connectivity index (χ3n) is 2.44. The zero-order valence-electron chi connectivity index (χ0n) is 8.60. The summed E-state index contributed by atoms with van der Waals surface area (Å²) in [5, 5.41) is 0.598. The van der Waals surface area contributed by atoms with E-state index in [4.69, 9.17) is 0 Å². The number of pyridine rings is 1. The van der Waals surface area contributed by atoms with Gasteiger partial charge in [-0.3, -0.25) is 4.98 Å². The van der Waals surface area contributed by atoms with Crippen LogP contribution in [0.15, 0.2) is 35.5 Å². The SMILES string of the molecule is CC(C)C1=CCC(c2cccnc2)S1. The topological polar surface area (TPSA) is 12.9 Å². The molecule has 0 radical (unpaired) electrons. The molecule has 74 valence electrons. The quantitative estimate of drug-likeness (QED) is 0.728. The van der Waals surface area contributed by atoms with E-state index in [0.717, 1.165) is 6.42 Å². The fourth-order valence-corrected chi connectivity index (χ4v) is 2.89. The summed E-state index contributed by atoms with van der Waals surface area (Å²) in [7, 11) is 0. The second-order valence-electron chi connectivity index (χ2n) is 3.89. The maximum atomic E-state index is 4.16. The van der Waals surface area contributed by atoms with Gasteiger partial charge in [0.05, 0.1) is 0 Å². The number of nitrogens with zero attached hydrogens (tertiary/aromatic N) is 1. The summed E-state index contributed by atoms with van der Waals surface area (Å²) in [6, 6.07) is 4.19. The summed E-state index contributed by atoms with van der Waals surface area (Å²) in [5.74, 6) is 0.668. The molecule has 1 aliphatic rings. The second-order valence-corrected chi connectivity index (χ2v) is 5.17. The van der Waals surface area contributed by atoms with Crippen LogP contribution in [0.5, 0.6) is 0 Å². The Balaban J connectivity index is 2.06. The van der Waals surface area contributed by atoms with Crippen LogP contribution in [0.1, 0.15) is 31.1 Å². The van der Waals surface area contributed by atoms with Crippen molar-refractivity contribution in [1.29, 1.82) is 0 Å². The highest BCUT2D eigenvalue weighted by Crippen LogP contribution is 2.45. The predicted octanol–water partition coefficient (Wildman–Crippen LogP) is 3.80. The van der Waals surface area contributed by atoms with E-state index < -0.39 is 0 Å². The first-order chi connectivity index (χ1) is 6.77. The van der Waals surface area contributed by atoms with E-state index in [1.165, 1.54) is 10.5 Å². The third kappa shape index (κ3) is 2.01. The Labute approximate surface area is 89.6 Å². The number of rotatable bonds is 2. The molecule has 0 aliphatic carbocycles. The first kappa shape index (κ1) is 9.78. The van der Waals surface area contributed by atoms with Crippen molar-refractivity contribution in [2.45, 2.75) is 25.5 Å². The summed E-state index contributed by atoms with van der Waals surface area (Å²) in [4.78, 5) is 5.69. The standard InChI is InChI=1S/C12H15NS/c1-9(2)11-5-6-12(14-11)10-4-3-7-13-8-10/h3-5,7-9,12H,6H2,1-2H3. The van der Waals surface area contributed by atoms with Crippen molar-refractivity contribution < 1.29 is 0 Å². The molecule has 2 rings (SSSR count). The smallest absolute Gasteiger partial charge is 0.0391 e. The molecule has 0 spiro atoms. The molecule has 0 saturated carbocycles. The van der Waals surface area contributed by atoms with Gasteiger partial charge in [0.15, 0.2) is 0 Å². The normalized spacial score (nSPS) is 21.4. The average molecular weight is 205 g/mol. The molecule has 1 atom stereocenters. The molecule has 1 aromatic rings. The lowest BCUT2D eigenvalue weighted by Gasteiger charge is -2.11. The minimum absolute atomic E-state index is 0.598. The number of allylic oxidation sites excluding steroid dienone is 2. The molecule has 0 bridgehead atoms. The summed E-state index contributed by atoms with van der Waals surface area (Å²) in [6.45, 7) is 4.51. The van der Waals surface area contributed by atoms with Crippen LogP contribution < -0.4 is 0 Å². The Morgan fingerprint density at radius 3 is 2.93 bits per heavy atom. The number of hydrogen-bond acceptors (Lipinski definition) is 2. The largest absolute Gasteiger partial charge is 0.264 e. The highest BCUT2D eigenvalue weighted by molar-refractivity contribution is 8.03. The van der Waals surface area contributed by atoms with Gasteiger partial charge in [-0.1, -0.05) is 26.0 Å². The van der Waals surface area contributed by atoms with E-state index >= 15 is 0 Å². The number of aromatic nitrogens is 1. The molecule has 2 heteroatoms. The molecule has 0 saturated heterocycles. The molecule has 1 aromatic heterocycles. The van der Waals surface area contributed by atoms with Gasteiger partial charge in [-0.15, -0.1) is 11.8 Å². The maximum Gasteiger partial charge on any atom is 0.0391 e. The molecule has 1 aliphatic heterocycles. The van der Waals surface area contributed by atoms with Crippen LogP contribution in [-0.2, 0) is 0 Å². The summed E-state index contributed by atoms with van der Waals surface area (Å²) in [6.07, 6.45) is 7.34. The van der Waals surface area contributed by atoms with E-state index in [2.05, 4.69) is 31.0 Å². The van der Waals surface area contributed by atoms with Gasteiger partial charge in [0, 0.05) is 17.6 Å². The highest BCUT2D eigenvalue weighted by atomic mass is 32.2. The number of hydrogen-bond donors (Lipinski definition) is 0. The van der Waals surface area contributed by atoms with Gasteiger partial charge in [0.2, 0.25) is 0 Å². The molecule has 1 nitrogen and oxygen atoms in total. The van der Waals surface area contributed by atoms with Crippen LogP contribution >= 0.6 is 11.8 Å². The molecular formula is C12H15NS. The van der Waals surface area contributed by atoms with Gasteiger partial charge in [-0.2, -0.15) is 0 Å².